The van der Waals surface area contributed by atoms with Gasteiger partial charge in [-0.25, -0.2) is 0 Å². The normalized spacial score (nSPS) is 17.0. The zero-order valence-corrected chi connectivity index (χ0v) is 18.8. The van der Waals surface area contributed by atoms with Crippen molar-refractivity contribution in [3.63, 3.8) is 0 Å². The molecule has 0 fully saturated rings. The molecule has 1 heterocycles. The molecule has 0 spiro atoms. The molecule has 0 radical (unpaired) electrons. The van der Waals surface area contributed by atoms with Gasteiger partial charge >= 0.3 is 0 Å². The van der Waals surface area contributed by atoms with Gasteiger partial charge in [0.05, 0.1) is 26.2 Å². The number of hydrogen-bond donors (Lipinski definition) is 1. The van der Waals surface area contributed by atoms with Gasteiger partial charge in [-0.1, -0.05) is 6.07 Å². The van der Waals surface area contributed by atoms with Gasteiger partial charge in [0, 0.05) is 26.9 Å². The average molecular weight is 450 g/mol. The van der Waals surface area contributed by atoms with Crippen LogP contribution >= 0.6 is 0 Å². The Morgan fingerprint density at radius 2 is 1.56 bits per heavy atom. The number of aliphatic hydroxyl groups excluding tert-OH is 1. The van der Waals surface area contributed by atoms with Crippen LogP contribution in [0.1, 0.15) is 28.7 Å². The summed E-state index contributed by atoms with van der Waals surface area (Å²) in [4.78, 5) is 0. The third-order valence-corrected chi connectivity index (χ3v) is 5.02. The second-order valence-corrected chi connectivity index (χ2v) is 7.10. The highest BCUT2D eigenvalue weighted by Gasteiger charge is 2.38. The van der Waals surface area contributed by atoms with Crippen molar-refractivity contribution >= 4 is 0 Å². The van der Waals surface area contributed by atoms with E-state index < -0.39 is 0 Å². The molecule has 2 aromatic carbocycles. The summed E-state index contributed by atoms with van der Waals surface area (Å²) in [6, 6.07) is 9.25. The van der Waals surface area contributed by atoms with E-state index in [0.717, 1.165) is 11.1 Å². The number of ether oxygens (including phenoxy) is 8. The lowest BCUT2D eigenvalue weighted by Crippen LogP contribution is -2.16. The number of fused-ring (bicyclic) bond motifs is 1. The van der Waals surface area contributed by atoms with Gasteiger partial charge in [-0.3, -0.25) is 0 Å². The summed E-state index contributed by atoms with van der Waals surface area (Å²) in [7, 11) is 6.24. The van der Waals surface area contributed by atoms with Crippen molar-refractivity contribution in [3.05, 3.63) is 47.0 Å². The summed E-state index contributed by atoms with van der Waals surface area (Å²) in [5.74, 6) is 2.04. The van der Waals surface area contributed by atoms with Gasteiger partial charge in [0.15, 0.2) is 36.6 Å². The van der Waals surface area contributed by atoms with Crippen LogP contribution in [0.15, 0.2) is 30.3 Å². The Labute approximate surface area is 187 Å². The predicted molar refractivity (Wildman–Crippen MR) is 114 cm³/mol. The minimum absolute atomic E-state index is 0.0551. The van der Waals surface area contributed by atoms with E-state index in [0.29, 0.717) is 35.2 Å². The van der Waals surface area contributed by atoms with Crippen molar-refractivity contribution in [3.8, 4) is 23.0 Å². The van der Waals surface area contributed by atoms with E-state index in [1.54, 1.807) is 34.5 Å². The van der Waals surface area contributed by atoms with Crippen LogP contribution in [-0.4, -0.2) is 60.5 Å². The number of hydrogen-bond acceptors (Lipinski definition) is 9. The van der Waals surface area contributed by atoms with E-state index in [4.69, 9.17) is 37.9 Å². The first-order valence-electron chi connectivity index (χ1n) is 10.1. The van der Waals surface area contributed by atoms with E-state index in [1.165, 1.54) is 0 Å². The third-order valence-electron chi connectivity index (χ3n) is 5.02. The maximum Gasteiger partial charge on any atom is 0.188 e. The summed E-state index contributed by atoms with van der Waals surface area (Å²) in [5, 5.41) is 9.75. The Kier molecular flexibility index (Phi) is 8.95. The Balaban J connectivity index is 1.98. The monoisotopic (exact) mass is 450 g/mol. The highest BCUT2D eigenvalue weighted by Crippen LogP contribution is 2.51. The van der Waals surface area contributed by atoms with Crippen molar-refractivity contribution in [2.75, 3.05) is 55.4 Å². The van der Waals surface area contributed by atoms with Crippen LogP contribution < -0.4 is 18.9 Å². The maximum atomic E-state index is 9.75. The second kappa shape index (κ2) is 11.9. The fourth-order valence-corrected chi connectivity index (χ4v) is 3.62. The van der Waals surface area contributed by atoms with Crippen molar-refractivity contribution in [2.45, 2.75) is 18.6 Å². The average Bonchev–Trinajstić information content (AvgIpc) is 3.19. The molecular weight excluding hydrogens is 420 g/mol. The molecule has 176 valence electrons. The molecule has 2 atom stereocenters. The van der Waals surface area contributed by atoms with Crippen molar-refractivity contribution in [1.82, 2.24) is 0 Å². The maximum absolute atomic E-state index is 9.75. The molecule has 2 aromatic rings. The van der Waals surface area contributed by atoms with Gasteiger partial charge in [-0.15, -0.1) is 0 Å². The van der Waals surface area contributed by atoms with Gasteiger partial charge in [-0.2, -0.15) is 0 Å². The molecule has 0 amide bonds. The lowest BCUT2D eigenvalue weighted by Gasteiger charge is -2.21. The summed E-state index contributed by atoms with van der Waals surface area (Å²) in [6.45, 7) is 0.525. The van der Waals surface area contributed by atoms with Gasteiger partial charge in [0.1, 0.15) is 12.9 Å². The largest absolute Gasteiger partial charge is 0.493 e. The first kappa shape index (κ1) is 24.1. The van der Waals surface area contributed by atoms with Crippen LogP contribution in [0.5, 0.6) is 23.0 Å². The van der Waals surface area contributed by atoms with Crippen LogP contribution in [0.4, 0.5) is 0 Å². The molecule has 3 rings (SSSR count). The van der Waals surface area contributed by atoms with Crippen molar-refractivity contribution in [2.24, 2.45) is 0 Å². The number of methoxy groups -OCH3 is 4. The zero-order chi connectivity index (χ0) is 22.9. The molecule has 0 bridgehead atoms. The second-order valence-electron chi connectivity index (χ2n) is 7.10. The first-order valence-corrected chi connectivity index (χ1v) is 10.1. The van der Waals surface area contributed by atoms with Crippen molar-refractivity contribution in [1.29, 1.82) is 0 Å². The van der Waals surface area contributed by atoms with Crippen molar-refractivity contribution < 1.29 is 43.0 Å². The third kappa shape index (κ3) is 5.43. The number of benzene rings is 2. The Morgan fingerprint density at radius 3 is 2.22 bits per heavy atom. The molecule has 1 aliphatic rings. The van der Waals surface area contributed by atoms with Gasteiger partial charge in [0.2, 0.25) is 0 Å². The minimum Gasteiger partial charge on any atom is -0.493 e. The van der Waals surface area contributed by atoms with E-state index in [-0.39, 0.29) is 39.0 Å². The Hall–Kier alpha value is -2.56. The van der Waals surface area contributed by atoms with Gasteiger partial charge in [-0.05, 0) is 35.4 Å². The summed E-state index contributed by atoms with van der Waals surface area (Å²) >= 11 is 0. The first-order chi connectivity index (χ1) is 15.7. The summed E-state index contributed by atoms with van der Waals surface area (Å²) in [5.41, 5.74) is 2.45. The summed E-state index contributed by atoms with van der Waals surface area (Å²) < 4.78 is 44.0. The van der Waals surface area contributed by atoms with E-state index in [1.807, 2.05) is 24.3 Å². The SMILES string of the molecule is COCOC[C@@H]1c2cc(CO)cc(OCOC)c2O[C@H]1c1ccc(OCOC)c(OC)c1. The topological polar surface area (TPSA) is 94.1 Å². The lowest BCUT2D eigenvalue weighted by molar-refractivity contribution is -0.0420. The molecule has 9 heteroatoms. The number of aliphatic hydroxyl groups is 1. The quantitative estimate of drug-likeness (QED) is 0.365. The van der Waals surface area contributed by atoms with Gasteiger partial charge in [0.25, 0.3) is 0 Å². The van der Waals surface area contributed by atoms with Crippen LogP contribution in [0.2, 0.25) is 0 Å². The van der Waals surface area contributed by atoms with E-state index in [2.05, 4.69) is 0 Å². The van der Waals surface area contributed by atoms with Gasteiger partial charge < -0.3 is 43.0 Å². The fraction of sp³-hybridized carbons (Fsp3) is 0.478. The highest BCUT2D eigenvalue weighted by atomic mass is 16.7. The standard InChI is InChI=1S/C23H30O9/c1-25-12-29-11-18-17-7-15(10-24)8-21(31-14-27-3)23(17)32-22(18)16-5-6-19(30-13-26-2)20(9-16)28-4/h5-9,18,22,24H,10-14H2,1-4H3/t18-,22+/m1/s1. The highest BCUT2D eigenvalue weighted by molar-refractivity contribution is 5.56. The molecule has 0 unspecified atom stereocenters. The zero-order valence-electron chi connectivity index (χ0n) is 18.8. The predicted octanol–water partition coefficient (Wildman–Crippen LogP) is 2.99. The molecule has 32 heavy (non-hydrogen) atoms. The Morgan fingerprint density at radius 1 is 0.844 bits per heavy atom. The van der Waals surface area contributed by atoms with Crippen LogP contribution in [0.3, 0.4) is 0 Å². The molecule has 9 nitrogen and oxygen atoms in total. The molecule has 0 aliphatic carbocycles. The molecule has 0 aromatic heterocycles. The molecular formula is C23H30O9. The van der Waals surface area contributed by atoms with E-state index >= 15 is 0 Å². The molecule has 0 saturated heterocycles. The Bertz CT molecular complexity index is 871. The smallest absolute Gasteiger partial charge is 0.188 e. The minimum atomic E-state index is -0.383. The van der Waals surface area contributed by atoms with E-state index in [9.17, 15) is 5.11 Å². The molecule has 0 saturated carbocycles. The van der Waals surface area contributed by atoms with Crippen LogP contribution in [0.25, 0.3) is 0 Å². The number of rotatable bonds is 13. The fourth-order valence-electron chi connectivity index (χ4n) is 3.62. The van der Waals surface area contributed by atoms with Crippen LogP contribution in [-0.2, 0) is 25.6 Å². The van der Waals surface area contributed by atoms with Crippen LogP contribution in [0, 0.1) is 0 Å². The summed E-state index contributed by atoms with van der Waals surface area (Å²) in [6.07, 6.45) is -0.383. The molecule has 1 aliphatic heterocycles. The molecule has 1 N–H and O–H groups in total. The lowest BCUT2D eigenvalue weighted by atomic mass is 9.90.